The van der Waals surface area contributed by atoms with Crippen molar-refractivity contribution in [3.8, 4) is 0 Å². The molecule has 2 heterocycles. The molecular weight excluding hydrogens is 202 g/mol. The lowest BCUT2D eigenvalue weighted by molar-refractivity contribution is 0.185. The van der Waals surface area contributed by atoms with Crippen LogP contribution in [0.5, 0.6) is 0 Å². The highest BCUT2D eigenvalue weighted by Gasteiger charge is 2.14. The standard InChI is InChI=1S/C12H19N3O/c1-9-2-3-11(13)12(15-9)14-6-4-10-5-7-16-8-10/h2-3,10H,4-8,13H2,1H3,(H,14,15). The second kappa shape index (κ2) is 5.16. The summed E-state index contributed by atoms with van der Waals surface area (Å²) in [6.07, 6.45) is 2.30. The van der Waals surface area contributed by atoms with Gasteiger partial charge in [-0.05, 0) is 37.8 Å². The van der Waals surface area contributed by atoms with Gasteiger partial charge < -0.3 is 15.8 Å². The molecule has 1 aromatic rings. The van der Waals surface area contributed by atoms with Gasteiger partial charge in [-0.25, -0.2) is 4.98 Å². The lowest BCUT2D eigenvalue weighted by atomic mass is 10.1. The van der Waals surface area contributed by atoms with Crippen LogP contribution in [0.15, 0.2) is 12.1 Å². The molecule has 0 aromatic carbocycles. The molecule has 3 N–H and O–H groups in total. The second-order valence-corrected chi connectivity index (χ2v) is 4.34. The fourth-order valence-electron chi connectivity index (χ4n) is 1.91. The largest absolute Gasteiger partial charge is 0.396 e. The number of ether oxygens (including phenoxy) is 1. The van der Waals surface area contributed by atoms with Crippen molar-refractivity contribution in [1.82, 2.24) is 4.98 Å². The second-order valence-electron chi connectivity index (χ2n) is 4.34. The predicted molar refractivity (Wildman–Crippen MR) is 65.4 cm³/mol. The molecule has 1 aliphatic rings. The maximum absolute atomic E-state index is 5.83. The Kier molecular flexibility index (Phi) is 3.62. The quantitative estimate of drug-likeness (QED) is 0.814. The number of nitrogens with two attached hydrogens (primary N) is 1. The molecule has 1 atom stereocenters. The van der Waals surface area contributed by atoms with Gasteiger partial charge >= 0.3 is 0 Å². The Morgan fingerprint density at radius 3 is 3.19 bits per heavy atom. The minimum atomic E-state index is 0.693. The van der Waals surface area contributed by atoms with Crippen LogP contribution in [0, 0.1) is 12.8 Å². The molecule has 0 bridgehead atoms. The topological polar surface area (TPSA) is 60.2 Å². The molecular formula is C12H19N3O. The van der Waals surface area contributed by atoms with Gasteiger partial charge in [0, 0.05) is 25.5 Å². The van der Waals surface area contributed by atoms with Crippen molar-refractivity contribution in [2.45, 2.75) is 19.8 Å². The molecule has 0 spiro atoms. The SMILES string of the molecule is Cc1ccc(N)c(NCCC2CCOC2)n1. The highest BCUT2D eigenvalue weighted by molar-refractivity contribution is 5.61. The molecule has 4 nitrogen and oxygen atoms in total. The first kappa shape index (κ1) is 11.2. The van der Waals surface area contributed by atoms with Crippen LogP contribution in [0.1, 0.15) is 18.5 Å². The van der Waals surface area contributed by atoms with E-state index in [9.17, 15) is 0 Å². The first-order valence-electron chi connectivity index (χ1n) is 5.80. The zero-order valence-electron chi connectivity index (χ0n) is 9.70. The number of hydrogen-bond donors (Lipinski definition) is 2. The molecule has 2 rings (SSSR count). The molecule has 0 radical (unpaired) electrons. The first-order chi connectivity index (χ1) is 7.75. The van der Waals surface area contributed by atoms with Crippen molar-refractivity contribution in [2.24, 2.45) is 5.92 Å². The smallest absolute Gasteiger partial charge is 0.149 e. The number of nitrogens with one attached hydrogen (secondary N) is 1. The monoisotopic (exact) mass is 221 g/mol. The van der Waals surface area contributed by atoms with Crippen molar-refractivity contribution in [3.63, 3.8) is 0 Å². The number of nitrogens with zero attached hydrogens (tertiary/aromatic N) is 1. The van der Waals surface area contributed by atoms with E-state index in [-0.39, 0.29) is 0 Å². The average molecular weight is 221 g/mol. The molecule has 4 heteroatoms. The van der Waals surface area contributed by atoms with Gasteiger partial charge in [0.25, 0.3) is 0 Å². The van der Waals surface area contributed by atoms with E-state index in [1.165, 1.54) is 6.42 Å². The summed E-state index contributed by atoms with van der Waals surface area (Å²) >= 11 is 0. The third kappa shape index (κ3) is 2.85. The van der Waals surface area contributed by atoms with Gasteiger partial charge in [-0.2, -0.15) is 0 Å². The van der Waals surface area contributed by atoms with Crippen molar-refractivity contribution in [3.05, 3.63) is 17.8 Å². The fourth-order valence-corrected chi connectivity index (χ4v) is 1.91. The summed E-state index contributed by atoms with van der Waals surface area (Å²) in [6, 6.07) is 3.81. The predicted octanol–water partition coefficient (Wildman–Crippen LogP) is 1.81. The van der Waals surface area contributed by atoms with Crippen LogP contribution in [-0.2, 0) is 4.74 Å². The Labute approximate surface area is 96.2 Å². The Hall–Kier alpha value is -1.29. The van der Waals surface area contributed by atoms with E-state index in [2.05, 4.69) is 10.3 Å². The summed E-state index contributed by atoms with van der Waals surface area (Å²) in [4.78, 5) is 4.37. The van der Waals surface area contributed by atoms with Gasteiger partial charge in [-0.15, -0.1) is 0 Å². The third-order valence-corrected chi connectivity index (χ3v) is 2.93. The number of nitrogen functional groups attached to an aromatic ring is 1. The molecule has 16 heavy (non-hydrogen) atoms. The van der Waals surface area contributed by atoms with Gasteiger partial charge in [0.1, 0.15) is 5.82 Å². The number of hydrogen-bond acceptors (Lipinski definition) is 4. The zero-order chi connectivity index (χ0) is 11.4. The van der Waals surface area contributed by atoms with Gasteiger partial charge in [-0.3, -0.25) is 0 Å². The van der Waals surface area contributed by atoms with E-state index in [0.717, 1.165) is 37.7 Å². The fraction of sp³-hybridized carbons (Fsp3) is 0.583. The third-order valence-electron chi connectivity index (χ3n) is 2.93. The minimum Gasteiger partial charge on any atom is -0.396 e. The van der Waals surface area contributed by atoms with E-state index in [1.54, 1.807) is 0 Å². The maximum atomic E-state index is 5.83. The lowest BCUT2D eigenvalue weighted by Gasteiger charge is -2.11. The van der Waals surface area contributed by atoms with Crippen molar-refractivity contribution < 1.29 is 4.74 Å². The van der Waals surface area contributed by atoms with Crippen LogP contribution in [0.2, 0.25) is 0 Å². The van der Waals surface area contributed by atoms with E-state index in [4.69, 9.17) is 10.5 Å². The summed E-state index contributed by atoms with van der Waals surface area (Å²) < 4.78 is 5.33. The van der Waals surface area contributed by atoms with Crippen LogP contribution in [0.3, 0.4) is 0 Å². The van der Waals surface area contributed by atoms with E-state index in [1.807, 2.05) is 19.1 Å². The van der Waals surface area contributed by atoms with Crippen LogP contribution < -0.4 is 11.1 Å². The summed E-state index contributed by atoms with van der Waals surface area (Å²) in [5, 5.41) is 3.29. The molecule has 0 amide bonds. The average Bonchev–Trinajstić information content (AvgIpc) is 2.76. The Balaban J connectivity index is 1.82. The summed E-state index contributed by atoms with van der Waals surface area (Å²) in [7, 11) is 0. The van der Waals surface area contributed by atoms with Crippen LogP contribution >= 0.6 is 0 Å². The van der Waals surface area contributed by atoms with E-state index in [0.29, 0.717) is 11.6 Å². The highest BCUT2D eigenvalue weighted by Crippen LogP contribution is 2.18. The maximum Gasteiger partial charge on any atom is 0.149 e. The number of rotatable bonds is 4. The van der Waals surface area contributed by atoms with Gasteiger partial charge in [-0.1, -0.05) is 0 Å². The summed E-state index contributed by atoms with van der Waals surface area (Å²) in [5.74, 6) is 1.50. The Bertz CT molecular complexity index is 348. The summed E-state index contributed by atoms with van der Waals surface area (Å²) in [6.45, 7) is 4.69. The Morgan fingerprint density at radius 1 is 1.56 bits per heavy atom. The van der Waals surface area contributed by atoms with Gasteiger partial charge in [0.15, 0.2) is 0 Å². The molecule has 1 fully saturated rings. The summed E-state index contributed by atoms with van der Waals surface area (Å²) in [5.41, 5.74) is 7.54. The number of pyridine rings is 1. The van der Waals surface area contributed by atoms with Gasteiger partial charge in [0.05, 0.1) is 5.69 Å². The van der Waals surface area contributed by atoms with Crippen molar-refractivity contribution >= 4 is 11.5 Å². The number of aryl methyl sites for hydroxylation is 1. The van der Waals surface area contributed by atoms with Gasteiger partial charge in [0.2, 0.25) is 0 Å². The molecule has 0 saturated carbocycles. The molecule has 1 aliphatic heterocycles. The highest BCUT2D eigenvalue weighted by atomic mass is 16.5. The van der Waals surface area contributed by atoms with Crippen LogP contribution in [-0.4, -0.2) is 24.7 Å². The van der Waals surface area contributed by atoms with Crippen molar-refractivity contribution in [1.29, 1.82) is 0 Å². The van der Waals surface area contributed by atoms with Crippen molar-refractivity contribution in [2.75, 3.05) is 30.8 Å². The molecule has 0 aliphatic carbocycles. The molecule has 1 unspecified atom stereocenters. The van der Waals surface area contributed by atoms with E-state index < -0.39 is 0 Å². The van der Waals surface area contributed by atoms with E-state index >= 15 is 0 Å². The zero-order valence-corrected chi connectivity index (χ0v) is 9.70. The molecule has 1 saturated heterocycles. The molecule has 88 valence electrons. The van der Waals surface area contributed by atoms with Crippen LogP contribution in [0.4, 0.5) is 11.5 Å². The Morgan fingerprint density at radius 2 is 2.44 bits per heavy atom. The molecule has 1 aromatic heterocycles. The first-order valence-corrected chi connectivity index (χ1v) is 5.80. The van der Waals surface area contributed by atoms with Crippen LogP contribution in [0.25, 0.3) is 0 Å². The number of anilines is 2. The lowest BCUT2D eigenvalue weighted by Crippen LogP contribution is -2.11. The normalized spacial score (nSPS) is 19.9. The minimum absolute atomic E-state index is 0.693. The number of aromatic nitrogens is 1.